The molecule has 142 valence electrons. The van der Waals surface area contributed by atoms with Gasteiger partial charge in [-0.05, 0) is 55.3 Å². The third-order valence-corrected chi connectivity index (χ3v) is 4.86. The lowest BCUT2D eigenvalue weighted by Crippen LogP contribution is -1.99. The number of hydrogen-bond acceptors (Lipinski definition) is 5. The van der Waals surface area contributed by atoms with Crippen LogP contribution in [0.3, 0.4) is 0 Å². The molecular formula is C22H19N7. The van der Waals surface area contributed by atoms with Crippen LogP contribution in [0, 0.1) is 0 Å². The number of nitrogens with zero attached hydrogens (tertiary/aromatic N) is 6. The predicted octanol–water partition coefficient (Wildman–Crippen LogP) is 4.53. The molecular weight excluding hydrogens is 362 g/mol. The minimum Gasteiger partial charge on any atom is -0.273 e. The van der Waals surface area contributed by atoms with Crippen LogP contribution in [0.2, 0.25) is 0 Å². The Bertz CT molecular complexity index is 1270. The Morgan fingerprint density at radius 1 is 0.966 bits per heavy atom. The van der Waals surface area contributed by atoms with Crippen LogP contribution in [0.1, 0.15) is 19.9 Å². The zero-order chi connectivity index (χ0) is 19.8. The quantitative estimate of drug-likeness (QED) is 0.494. The van der Waals surface area contributed by atoms with E-state index in [4.69, 9.17) is 4.98 Å². The highest BCUT2D eigenvalue weighted by atomic mass is 15.3. The highest BCUT2D eigenvalue weighted by molar-refractivity contribution is 6.03. The third kappa shape index (κ3) is 3.06. The van der Waals surface area contributed by atoms with Gasteiger partial charge in [-0.15, -0.1) is 0 Å². The van der Waals surface area contributed by atoms with E-state index in [1.165, 1.54) is 0 Å². The summed E-state index contributed by atoms with van der Waals surface area (Å²) in [5, 5.41) is 13.0. The Morgan fingerprint density at radius 2 is 1.83 bits per heavy atom. The van der Waals surface area contributed by atoms with Gasteiger partial charge in [-0.1, -0.05) is 6.07 Å². The molecule has 29 heavy (non-hydrogen) atoms. The van der Waals surface area contributed by atoms with Crippen LogP contribution in [-0.4, -0.2) is 34.9 Å². The molecule has 7 nitrogen and oxygen atoms in total. The number of nitrogens with one attached hydrogen (secondary N) is 1. The fourth-order valence-corrected chi connectivity index (χ4v) is 3.38. The van der Waals surface area contributed by atoms with E-state index in [1.54, 1.807) is 18.6 Å². The zero-order valence-electron chi connectivity index (χ0n) is 16.1. The highest BCUT2D eigenvalue weighted by Crippen LogP contribution is 2.36. The van der Waals surface area contributed by atoms with E-state index in [9.17, 15) is 0 Å². The summed E-state index contributed by atoms with van der Waals surface area (Å²) < 4.78 is 1.93. The summed E-state index contributed by atoms with van der Waals surface area (Å²) in [6, 6.07) is 12.2. The highest BCUT2D eigenvalue weighted by Gasteiger charge is 2.18. The van der Waals surface area contributed by atoms with Crippen molar-refractivity contribution in [3.05, 3.63) is 67.4 Å². The fraction of sp³-hybridized carbons (Fsp3) is 0.136. The van der Waals surface area contributed by atoms with E-state index < -0.39 is 0 Å². The van der Waals surface area contributed by atoms with Gasteiger partial charge in [-0.3, -0.25) is 19.7 Å². The largest absolute Gasteiger partial charge is 0.273 e. The van der Waals surface area contributed by atoms with Crippen molar-refractivity contribution in [2.45, 2.75) is 19.9 Å². The Morgan fingerprint density at radius 3 is 2.55 bits per heavy atom. The molecule has 0 radical (unpaired) electrons. The summed E-state index contributed by atoms with van der Waals surface area (Å²) in [6.07, 6.45) is 9.21. The molecule has 5 rings (SSSR count). The fourth-order valence-electron chi connectivity index (χ4n) is 3.38. The van der Waals surface area contributed by atoms with Crippen molar-refractivity contribution >= 4 is 11.0 Å². The number of aromatic amines is 1. The Labute approximate surface area is 167 Å². The van der Waals surface area contributed by atoms with Crippen LogP contribution in [0.15, 0.2) is 67.4 Å². The molecule has 0 atom stereocenters. The summed E-state index contributed by atoms with van der Waals surface area (Å²) in [5.41, 5.74) is 6.18. The SMILES string of the molecule is CC(C)n1cc(-c2cc(-c3ccncc3)c3c(-c4ccccn4)[nH]nc3n2)cn1. The standard InChI is InChI=1S/C22H19N7/c1-14(2)29-13-16(12-25-29)19-11-17(15-6-9-23-10-7-15)20-21(27-28-22(20)26-19)18-5-3-4-8-24-18/h3-14H,1-2H3,(H,26,27,28). The van der Waals surface area contributed by atoms with E-state index in [-0.39, 0.29) is 6.04 Å². The van der Waals surface area contributed by atoms with Crippen LogP contribution in [0.25, 0.3) is 44.8 Å². The van der Waals surface area contributed by atoms with Gasteiger partial charge in [0.1, 0.15) is 0 Å². The third-order valence-electron chi connectivity index (χ3n) is 4.86. The number of fused-ring (bicyclic) bond motifs is 1. The van der Waals surface area contributed by atoms with Crippen molar-refractivity contribution in [2.24, 2.45) is 0 Å². The zero-order valence-corrected chi connectivity index (χ0v) is 16.1. The van der Waals surface area contributed by atoms with Gasteiger partial charge >= 0.3 is 0 Å². The minimum atomic E-state index is 0.285. The molecule has 0 aliphatic rings. The maximum atomic E-state index is 4.81. The van der Waals surface area contributed by atoms with Crippen molar-refractivity contribution in [3.8, 4) is 33.8 Å². The molecule has 0 spiro atoms. The van der Waals surface area contributed by atoms with Gasteiger partial charge in [0.25, 0.3) is 0 Å². The van der Waals surface area contributed by atoms with Gasteiger partial charge in [-0.25, -0.2) is 4.98 Å². The monoisotopic (exact) mass is 381 g/mol. The smallest absolute Gasteiger partial charge is 0.182 e. The first-order valence-corrected chi connectivity index (χ1v) is 9.46. The lowest BCUT2D eigenvalue weighted by Gasteiger charge is -2.08. The molecule has 5 heterocycles. The first-order chi connectivity index (χ1) is 14.2. The van der Waals surface area contributed by atoms with Crippen molar-refractivity contribution in [1.29, 1.82) is 0 Å². The van der Waals surface area contributed by atoms with Crippen LogP contribution < -0.4 is 0 Å². The summed E-state index contributed by atoms with van der Waals surface area (Å²) in [7, 11) is 0. The molecule has 0 saturated heterocycles. The van der Waals surface area contributed by atoms with Crippen molar-refractivity contribution in [1.82, 2.24) is 34.9 Å². The second kappa shape index (κ2) is 6.94. The van der Waals surface area contributed by atoms with E-state index in [0.717, 1.165) is 39.2 Å². The van der Waals surface area contributed by atoms with Crippen LogP contribution >= 0.6 is 0 Å². The number of H-pyrrole nitrogens is 1. The van der Waals surface area contributed by atoms with E-state index in [0.29, 0.717) is 5.65 Å². The maximum Gasteiger partial charge on any atom is 0.182 e. The van der Waals surface area contributed by atoms with Gasteiger partial charge in [0, 0.05) is 36.4 Å². The van der Waals surface area contributed by atoms with E-state index in [1.807, 2.05) is 47.4 Å². The second-order valence-electron chi connectivity index (χ2n) is 7.11. The summed E-state index contributed by atoms with van der Waals surface area (Å²) in [6.45, 7) is 4.20. The summed E-state index contributed by atoms with van der Waals surface area (Å²) >= 11 is 0. The summed E-state index contributed by atoms with van der Waals surface area (Å²) in [4.78, 5) is 13.5. The van der Waals surface area contributed by atoms with Gasteiger partial charge in [0.2, 0.25) is 0 Å². The van der Waals surface area contributed by atoms with E-state index in [2.05, 4.69) is 45.2 Å². The number of hydrogen-bond donors (Lipinski definition) is 1. The Balaban J connectivity index is 1.77. The topological polar surface area (TPSA) is 85.2 Å². The Hall–Kier alpha value is -3.87. The molecule has 0 aliphatic carbocycles. The van der Waals surface area contributed by atoms with Gasteiger partial charge in [0.05, 0.1) is 28.7 Å². The molecule has 0 bridgehead atoms. The number of pyridine rings is 3. The Kier molecular flexibility index (Phi) is 4.13. The molecule has 0 aliphatic heterocycles. The molecule has 0 saturated carbocycles. The molecule has 0 fully saturated rings. The number of aromatic nitrogens is 7. The lowest BCUT2D eigenvalue weighted by molar-refractivity contribution is 0.532. The molecule has 7 heteroatoms. The van der Waals surface area contributed by atoms with Crippen LogP contribution in [0.5, 0.6) is 0 Å². The van der Waals surface area contributed by atoms with Crippen molar-refractivity contribution in [2.75, 3.05) is 0 Å². The average molecular weight is 381 g/mol. The lowest BCUT2D eigenvalue weighted by atomic mass is 10.00. The molecule has 0 amide bonds. The molecule has 5 aromatic rings. The molecule has 0 aromatic carbocycles. The summed E-state index contributed by atoms with van der Waals surface area (Å²) in [5.74, 6) is 0. The minimum absolute atomic E-state index is 0.285. The van der Waals surface area contributed by atoms with Gasteiger partial charge in [-0.2, -0.15) is 10.2 Å². The van der Waals surface area contributed by atoms with Gasteiger partial charge in [0.15, 0.2) is 5.65 Å². The molecule has 0 unspecified atom stereocenters. The number of rotatable bonds is 4. The maximum absolute atomic E-state index is 4.81. The first-order valence-electron chi connectivity index (χ1n) is 9.46. The first kappa shape index (κ1) is 17.2. The van der Waals surface area contributed by atoms with Gasteiger partial charge < -0.3 is 0 Å². The molecule has 5 aromatic heterocycles. The van der Waals surface area contributed by atoms with Crippen molar-refractivity contribution in [3.63, 3.8) is 0 Å². The second-order valence-corrected chi connectivity index (χ2v) is 7.11. The van der Waals surface area contributed by atoms with Crippen LogP contribution in [0.4, 0.5) is 0 Å². The predicted molar refractivity (Wildman–Crippen MR) is 112 cm³/mol. The van der Waals surface area contributed by atoms with Crippen LogP contribution in [-0.2, 0) is 0 Å². The van der Waals surface area contributed by atoms with Crippen molar-refractivity contribution < 1.29 is 0 Å². The normalized spacial score (nSPS) is 11.4. The molecule has 1 N–H and O–H groups in total. The van der Waals surface area contributed by atoms with E-state index >= 15 is 0 Å². The average Bonchev–Trinajstić information content (AvgIpc) is 3.42.